The van der Waals surface area contributed by atoms with Gasteiger partial charge in [0.25, 0.3) is 0 Å². The Morgan fingerprint density at radius 3 is 2.20 bits per heavy atom. The van der Waals surface area contributed by atoms with Gasteiger partial charge < -0.3 is 9.84 Å². The molecular weight excluding hydrogens is 268 g/mol. The molecule has 0 aromatic heterocycles. The fourth-order valence-corrected chi connectivity index (χ4v) is 5.79. The molecule has 110 valence electrons. The smallest absolute Gasteiger partial charge is 0.124 e. The van der Waals surface area contributed by atoms with Crippen molar-refractivity contribution in [3.8, 4) is 5.75 Å². The zero-order valence-corrected chi connectivity index (χ0v) is 13.4. The van der Waals surface area contributed by atoms with Crippen molar-refractivity contribution in [3.05, 3.63) is 28.8 Å². The third-order valence-electron chi connectivity index (χ3n) is 4.77. The average Bonchev–Trinajstić information content (AvgIpc) is 2.37. The monoisotopic (exact) mass is 292 g/mol. The van der Waals surface area contributed by atoms with E-state index in [2.05, 4.69) is 37.7 Å². The number of rotatable bonds is 2. The van der Waals surface area contributed by atoms with Crippen molar-refractivity contribution in [1.82, 2.24) is 0 Å². The molecule has 2 nitrogen and oxygen atoms in total. The number of hydrogen-bond acceptors (Lipinski definition) is 3. The van der Waals surface area contributed by atoms with Gasteiger partial charge in [0.15, 0.2) is 0 Å². The number of ether oxygens (including phenoxy) is 1. The lowest BCUT2D eigenvalue weighted by molar-refractivity contribution is 0.00799. The first-order valence-corrected chi connectivity index (χ1v) is 8.49. The van der Waals surface area contributed by atoms with Gasteiger partial charge in [-0.15, -0.1) is 0 Å². The average molecular weight is 292 g/mol. The number of methoxy groups -OCH3 is 1. The van der Waals surface area contributed by atoms with Crippen LogP contribution in [0.4, 0.5) is 0 Å². The minimum atomic E-state index is -0.636. The molecule has 2 saturated heterocycles. The summed E-state index contributed by atoms with van der Waals surface area (Å²) in [6.07, 6.45) is 5.66. The van der Waals surface area contributed by atoms with Gasteiger partial charge in [-0.1, -0.05) is 6.42 Å². The topological polar surface area (TPSA) is 29.5 Å². The second-order valence-electron chi connectivity index (χ2n) is 6.39. The van der Waals surface area contributed by atoms with Gasteiger partial charge in [0.2, 0.25) is 0 Å². The summed E-state index contributed by atoms with van der Waals surface area (Å²) in [6.45, 7) is 4.13. The van der Waals surface area contributed by atoms with Crippen LogP contribution in [0.5, 0.6) is 5.75 Å². The lowest BCUT2D eigenvalue weighted by atomic mass is 9.79. The van der Waals surface area contributed by atoms with E-state index in [1.54, 1.807) is 7.11 Å². The van der Waals surface area contributed by atoms with E-state index in [1.807, 2.05) is 0 Å². The summed E-state index contributed by atoms with van der Waals surface area (Å²) in [4.78, 5) is 0. The Bertz CT molecular complexity index is 477. The standard InChI is InChI=1S/C17H24O2S/c1-11-7-13(8-12(2)16(11)19-3)17(18)9-14-5-4-6-15(10-17)20-14/h7-8,14-15,18H,4-6,9-10H2,1-3H3. The maximum absolute atomic E-state index is 11.2. The molecule has 2 atom stereocenters. The van der Waals surface area contributed by atoms with E-state index < -0.39 is 5.60 Å². The third kappa shape index (κ3) is 2.46. The van der Waals surface area contributed by atoms with Gasteiger partial charge in [0.05, 0.1) is 12.7 Å². The van der Waals surface area contributed by atoms with Crippen molar-refractivity contribution in [2.45, 2.75) is 62.1 Å². The summed E-state index contributed by atoms with van der Waals surface area (Å²) >= 11 is 2.10. The van der Waals surface area contributed by atoms with Crippen molar-refractivity contribution in [3.63, 3.8) is 0 Å². The first-order valence-electron chi connectivity index (χ1n) is 7.55. The van der Waals surface area contributed by atoms with E-state index in [-0.39, 0.29) is 0 Å². The predicted octanol–water partition coefficient (Wildman–Crippen LogP) is 3.95. The molecule has 2 heterocycles. The Balaban J connectivity index is 1.95. The maximum atomic E-state index is 11.2. The molecule has 2 unspecified atom stereocenters. The van der Waals surface area contributed by atoms with Crippen LogP contribution in [-0.2, 0) is 5.60 Å². The van der Waals surface area contributed by atoms with E-state index in [9.17, 15) is 5.11 Å². The molecule has 3 rings (SSSR count). The van der Waals surface area contributed by atoms with Crippen LogP contribution in [0.15, 0.2) is 12.1 Å². The van der Waals surface area contributed by atoms with Crippen LogP contribution in [0.2, 0.25) is 0 Å². The fraction of sp³-hybridized carbons (Fsp3) is 0.647. The molecule has 0 saturated carbocycles. The lowest BCUT2D eigenvalue weighted by Gasteiger charge is -2.44. The number of thioether (sulfide) groups is 1. The molecule has 0 aliphatic carbocycles. The number of aryl methyl sites for hydroxylation is 2. The quantitative estimate of drug-likeness (QED) is 0.895. The molecule has 1 aromatic carbocycles. The van der Waals surface area contributed by atoms with E-state index in [1.165, 1.54) is 19.3 Å². The van der Waals surface area contributed by atoms with Crippen LogP contribution < -0.4 is 4.74 Å². The Morgan fingerprint density at radius 2 is 1.70 bits per heavy atom. The zero-order chi connectivity index (χ0) is 14.3. The molecule has 0 radical (unpaired) electrons. The molecule has 2 aliphatic rings. The van der Waals surface area contributed by atoms with E-state index >= 15 is 0 Å². The summed E-state index contributed by atoms with van der Waals surface area (Å²) in [7, 11) is 1.71. The van der Waals surface area contributed by atoms with Crippen LogP contribution in [0.3, 0.4) is 0 Å². The molecule has 2 bridgehead atoms. The minimum absolute atomic E-state index is 0.634. The first-order chi connectivity index (χ1) is 9.51. The van der Waals surface area contributed by atoms with Gasteiger partial charge in [-0.25, -0.2) is 0 Å². The molecule has 2 fully saturated rings. The van der Waals surface area contributed by atoms with Gasteiger partial charge >= 0.3 is 0 Å². The predicted molar refractivity (Wildman–Crippen MR) is 84.6 cm³/mol. The van der Waals surface area contributed by atoms with Gasteiger partial charge in [0.1, 0.15) is 5.75 Å². The fourth-order valence-electron chi connectivity index (χ4n) is 3.90. The van der Waals surface area contributed by atoms with Gasteiger partial charge in [-0.2, -0.15) is 11.8 Å². The Hall–Kier alpha value is -0.670. The SMILES string of the molecule is COc1c(C)cc(C2(O)CC3CCCC(C2)S3)cc1C. The van der Waals surface area contributed by atoms with Crippen molar-refractivity contribution >= 4 is 11.8 Å². The van der Waals surface area contributed by atoms with Crippen LogP contribution >= 0.6 is 11.8 Å². The molecular formula is C17H24O2S. The molecule has 2 aliphatic heterocycles. The number of fused-ring (bicyclic) bond motifs is 2. The van der Waals surface area contributed by atoms with Crippen LogP contribution in [0.1, 0.15) is 48.8 Å². The van der Waals surface area contributed by atoms with Crippen molar-refractivity contribution in [1.29, 1.82) is 0 Å². The zero-order valence-electron chi connectivity index (χ0n) is 12.6. The molecule has 0 spiro atoms. The highest BCUT2D eigenvalue weighted by Crippen LogP contribution is 2.50. The van der Waals surface area contributed by atoms with Crippen molar-refractivity contribution in [2.24, 2.45) is 0 Å². The van der Waals surface area contributed by atoms with Crippen LogP contribution in [0.25, 0.3) is 0 Å². The van der Waals surface area contributed by atoms with Crippen molar-refractivity contribution in [2.75, 3.05) is 7.11 Å². The normalized spacial score (nSPS) is 33.0. The summed E-state index contributed by atoms with van der Waals surface area (Å²) in [5.41, 5.74) is 2.70. The summed E-state index contributed by atoms with van der Waals surface area (Å²) in [5, 5.41) is 12.5. The summed E-state index contributed by atoms with van der Waals surface area (Å²) < 4.78 is 5.44. The van der Waals surface area contributed by atoms with E-state index in [0.717, 1.165) is 35.3 Å². The largest absolute Gasteiger partial charge is 0.496 e. The minimum Gasteiger partial charge on any atom is -0.496 e. The van der Waals surface area contributed by atoms with Gasteiger partial charge in [-0.3, -0.25) is 0 Å². The van der Waals surface area contributed by atoms with E-state index in [0.29, 0.717) is 10.5 Å². The lowest BCUT2D eigenvalue weighted by Crippen LogP contribution is -2.40. The Kier molecular flexibility index (Phi) is 3.76. The molecule has 3 heteroatoms. The van der Waals surface area contributed by atoms with Crippen LogP contribution in [0, 0.1) is 13.8 Å². The molecule has 1 aromatic rings. The van der Waals surface area contributed by atoms with Gasteiger partial charge in [0, 0.05) is 10.5 Å². The second kappa shape index (κ2) is 5.27. The molecule has 20 heavy (non-hydrogen) atoms. The van der Waals surface area contributed by atoms with Gasteiger partial charge in [-0.05, 0) is 68.4 Å². The summed E-state index contributed by atoms with van der Waals surface area (Å²) in [5.74, 6) is 0.947. The number of benzene rings is 1. The second-order valence-corrected chi connectivity index (χ2v) is 8.00. The third-order valence-corrected chi connectivity index (χ3v) is 6.34. The molecule has 0 amide bonds. The highest BCUT2D eigenvalue weighted by Gasteiger charge is 2.42. The highest BCUT2D eigenvalue weighted by molar-refractivity contribution is 8.00. The van der Waals surface area contributed by atoms with E-state index in [4.69, 9.17) is 4.74 Å². The first kappa shape index (κ1) is 14.3. The van der Waals surface area contributed by atoms with Crippen molar-refractivity contribution < 1.29 is 9.84 Å². The number of aliphatic hydroxyl groups is 1. The Labute approximate surface area is 125 Å². The highest BCUT2D eigenvalue weighted by atomic mass is 32.2. The number of hydrogen-bond donors (Lipinski definition) is 1. The van der Waals surface area contributed by atoms with Crippen LogP contribution in [-0.4, -0.2) is 22.7 Å². The summed E-state index contributed by atoms with van der Waals surface area (Å²) in [6, 6.07) is 4.25. The molecule has 1 N–H and O–H groups in total. The Morgan fingerprint density at radius 1 is 1.15 bits per heavy atom. The maximum Gasteiger partial charge on any atom is 0.124 e.